The number of carbonyl (C=O) groups excluding carboxylic acids is 1. The van der Waals surface area contributed by atoms with Gasteiger partial charge in [-0.3, -0.25) is 9.78 Å². The summed E-state index contributed by atoms with van der Waals surface area (Å²) in [6.07, 6.45) is 1.67. The molecule has 0 aliphatic rings. The molecule has 4 N–H and O–H groups in total. The van der Waals surface area contributed by atoms with Crippen LogP contribution in [0.25, 0.3) is 22.6 Å². The number of aromatic nitrogens is 3. The molecule has 0 radical (unpaired) electrons. The van der Waals surface area contributed by atoms with Crippen LogP contribution in [0.15, 0.2) is 48.7 Å². The normalized spacial score (nSPS) is 11.0. The molecule has 3 rings (SSSR count). The van der Waals surface area contributed by atoms with E-state index in [1.807, 2.05) is 18.2 Å². The molecule has 0 spiro atoms. The van der Waals surface area contributed by atoms with Crippen LogP contribution in [0.5, 0.6) is 0 Å². The largest absolute Gasteiger partial charge is 0.347 e. The number of H-pyrrole nitrogens is 1. The fourth-order valence-corrected chi connectivity index (χ4v) is 2.44. The molecular weight excluding hydrogens is 369 g/mol. The van der Waals surface area contributed by atoms with Gasteiger partial charge in [-0.2, -0.15) is 0 Å². The van der Waals surface area contributed by atoms with Crippen molar-refractivity contribution in [3.8, 4) is 22.6 Å². The summed E-state index contributed by atoms with van der Waals surface area (Å²) in [5.41, 5.74) is 7.33. The Bertz CT molecular complexity index is 921. The Kier molecular flexibility index (Phi) is 6.30. The number of hydrogen-bond acceptors (Lipinski definition) is 4. The Balaban J connectivity index is 0.00000261. The first-order chi connectivity index (χ1) is 12.3. The van der Waals surface area contributed by atoms with Crippen molar-refractivity contribution in [1.82, 2.24) is 20.3 Å². The zero-order chi connectivity index (χ0) is 18.7. The van der Waals surface area contributed by atoms with Crippen LogP contribution in [-0.2, 0) is 11.3 Å². The second-order valence-electron chi connectivity index (χ2n) is 6.54. The van der Waals surface area contributed by atoms with Crippen molar-refractivity contribution in [1.29, 1.82) is 0 Å². The van der Waals surface area contributed by atoms with Gasteiger partial charge in [0, 0.05) is 11.8 Å². The standard InChI is InChI=1S/C19H20FN5O.ClH/c1-19(2,21)18(26)23-11-15-24-16(12-6-5-7-13(20)10-12)17(25-15)14-8-3-4-9-22-14;/h3-10H,11,21H2,1-2H3,(H,23,26)(H,24,25);1H. The third-order valence-electron chi connectivity index (χ3n) is 3.77. The molecule has 0 fully saturated rings. The predicted octanol–water partition coefficient (Wildman–Crippen LogP) is 3.05. The van der Waals surface area contributed by atoms with E-state index in [2.05, 4.69) is 20.3 Å². The van der Waals surface area contributed by atoms with Gasteiger partial charge in [-0.15, -0.1) is 12.4 Å². The number of aromatic amines is 1. The van der Waals surface area contributed by atoms with Gasteiger partial charge in [0.05, 0.1) is 29.2 Å². The lowest BCUT2D eigenvalue weighted by atomic mass is 10.1. The number of nitrogens with one attached hydrogen (secondary N) is 2. The average molecular weight is 390 g/mol. The summed E-state index contributed by atoms with van der Waals surface area (Å²) in [6.45, 7) is 3.43. The second kappa shape index (κ2) is 8.28. The number of halogens is 2. The maximum Gasteiger partial charge on any atom is 0.239 e. The molecule has 6 nitrogen and oxygen atoms in total. The van der Waals surface area contributed by atoms with Crippen molar-refractivity contribution < 1.29 is 9.18 Å². The number of nitrogens with two attached hydrogens (primary N) is 1. The summed E-state index contributed by atoms with van der Waals surface area (Å²) >= 11 is 0. The minimum Gasteiger partial charge on any atom is -0.347 e. The van der Waals surface area contributed by atoms with Crippen molar-refractivity contribution in [2.45, 2.75) is 25.9 Å². The Morgan fingerprint density at radius 3 is 2.67 bits per heavy atom. The first-order valence-corrected chi connectivity index (χ1v) is 8.18. The lowest BCUT2D eigenvalue weighted by Crippen LogP contribution is -2.48. The molecule has 0 bridgehead atoms. The number of carbonyl (C=O) groups is 1. The van der Waals surface area contributed by atoms with E-state index in [1.165, 1.54) is 12.1 Å². The molecule has 0 atom stereocenters. The Hall–Kier alpha value is -2.77. The Morgan fingerprint density at radius 1 is 1.26 bits per heavy atom. The minimum absolute atomic E-state index is 0. The monoisotopic (exact) mass is 389 g/mol. The van der Waals surface area contributed by atoms with E-state index in [4.69, 9.17) is 5.73 Å². The van der Waals surface area contributed by atoms with Gasteiger partial charge in [-0.1, -0.05) is 18.2 Å². The van der Waals surface area contributed by atoms with Crippen molar-refractivity contribution in [3.05, 3.63) is 60.3 Å². The van der Waals surface area contributed by atoms with Crippen molar-refractivity contribution in [2.75, 3.05) is 0 Å². The molecule has 2 aromatic heterocycles. The maximum atomic E-state index is 13.7. The second-order valence-corrected chi connectivity index (χ2v) is 6.54. The molecule has 0 aliphatic heterocycles. The molecule has 142 valence electrons. The van der Waals surface area contributed by atoms with Crippen LogP contribution < -0.4 is 11.1 Å². The highest BCUT2D eigenvalue weighted by molar-refractivity contribution is 5.85. The molecule has 0 saturated carbocycles. The van der Waals surface area contributed by atoms with Gasteiger partial charge in [-0.05, 0) is 38.1 Å². The first-order valence-electron chi connectivity index (χ1n) is 8.18. The molecule has 0 saturated heterocycles. The van der Waals surface area contributed by atoms with Crippen LogP contribution in [0.4, 0.5) is 4.39 Å². The number of pyridine rings is 1. The van der Waals surface area contributed by atoms with E-state index in [9.17, 15) is 9.18 Å². The summed E-state index contributed by atoms with van der Waals surface area (Å²) in [6, 6.07) is 11.7. The molecule has 0 aliphatic carbocycles. The predicted molar refractivity (Wildman–Crippen MR) is 105 cm³/mol. The van der Waals surface area contributed by atoms with Gasteiger partial charge in [0.2, 0.25) is 5.91 Å². The van der Waals surface area contributed by atoms with E-state index in [1.54, 1.807) is 32.2 Å². The fourth-order valence-electron chi connectivity index (χ4n) is 2.44. The van der Waals surface area contributed by atoms with Gasteiger partial charge in [0.15, 0.2) is 0 Å². The van der Waals surface area contributed by atoms with Gasteiger partial charge in [0.25, 0.3) is 0 Å². The van der Waals surface area contributed by atoms with Gasteiger partial charge < -0.3 is 16.0 Å². The number of amides is 1. The highest BCUT2D eigenvalue weighted by atomic mass is 35.5. The number of imidazole rings is 1. The van der Waals surface area contributed by atoms with Gasteiger partial charge >= 0.3 is 0 Å². The SMILES string of the molecule is CC(C)(N)C(=O)NCc1nc(-c2cccc(F)c2)c(-c2ccccn2)[nH]1.Cl. The van der Waals surface area contributed by atoms with Crippen LogP contribution in [0.1, 0.15) is 19.7 Å². The van der Waals surface area contributed by atoms with Crippen molar-refractivity contribution in [2.24, 2.45) is 5.73 Å². The van der Waals surface area contributed by atoms with Crippen LogP contribution >= 0.6 is 12.4 Å². The molecule has 2 heterocycles. The quantitative estimate of drug-likeness (QED) is 0.624. The summed E-state index contributed by atoms with van der Waals surface area (Å²) in [5, 5.41) is 2.74. The minimum atomic E-state index is -0.984. The number of hydrogen-bond donors (Lipinski definition) is 3. The maximum absolute atomic E-state index is 13.7. The van der Waals surface area contributed by atoms with Gasteiger partial charge in [-0.25, -0.2) is 9.37 Å². The lowest BCUT2D eigenvalue weighted by Gasteiger charge is -2.16. The highest BCUT2D eigenvalue weighted by Crippen LogP contribution is 2.29. The average Bonchev–Trinajstić information content (AvgIpc) is 3.04. The Morgan fingerprint density at radius 2 is 2.04 bits per heavy atom. The molecule has 8 heteroatoms. The van der Waals surface area contributed by atoms with Gasteiger partial charge in [0.1, 0.15) is 11.6 Å². The van der Waals surface area contributed by atoms with E-state index in [0.29, 0.717) is 28.5 Å². The zero-order valence-electron chi connectivity index (χ0n) is 15.0. The molecule has 27 heavy (non-hydrogen) atoms. The zero-order valence-corrected chi connectivity index (χ0v) is 15.8. The summed E-state index contributed by atoms with van der Waals surface area (Å²) in [4.78, 5) is 24.0. The summed E-state index contributed by atoms with van der Waals surface area (Å²) < 4.78 is 13.7. The van der Waals surface area contributed by atoms with Crippen LogP contribution in [-0.4, -0.2) is 26.4 Å². The van der Waals surface area contributed by atoms with Crippen LogP contribution in [0, 0.1) is 5.82 Å². The Labute approximate surface area is 162 Å². The third kappa shape index (κ3) is 4.90. The van der Waals surface area contributed by atoms with E-state index >= 15 is 0 Å². The molecular formula is C19H21ClFN5O. The van der Waals surface area contributed by atoms with Crippen molar-refractivity contribution in [3.63, 3.8) is 0 Å². The summed E-state index contributed by atoms with van der Waals surface area (Å²) in [7, 11) is 0. The lowest BCUT2D eigenvalue weighted by molar-refractivity contribution is -0.125. The number of nitrogens with zero attached hydrogens (tertiary/aromatic N) is 2. The van der Waals surface area contributed by atoms with E-state index < -0.39 is 5.54 Å². The number of benzene rings is 1. The molecule has 1 amide bonds. The first kappa shape index (κ1) is 20.5. The number of rotatable bonds is 5. The molecule has 3 aromatic rings. The topological polar surface area (TPSA) is 96.7 Å². The van der Waals surface area contributed by atoms with Crippen molar-refractivity contribution >= 4 is 18.3 Å². The highest BCUT2D eigenvalue weighted by Gasteiger charge is 2.22. The molecule has 1 aromatic carbocycles. The third-order valence-corrected chi connectivity index (χ3v) is 3.77. The van der Waals surface area contributed by atoms with E-state index in [-0.39, 0.29) is 30.7 Å². The summed E-state index contributed by atoms with van der Waals surface area (Å²) in [5.74, 6) is -0.111. The van der Waals surface area contributed by atoms with E-state index in [0.717, 1.165) is 0 Å². The van der Waals surface area contributed by atoms with Crippen LogP contribution in [0.3, 0.4) is 0 Å². The smallest absolute Gasteiger partial charge is 0.239 e. The molecule has 0 unspecified atom stereocenters. The van der Waals surface area contributed by atoms with Crippen LogP contribution in [0.2, 0.25) is 0 Å². The fraction of sp³-hybridized carbons (Fsp3) is 0.211.